The van der Waals surface area contributed by atoms with Crippen molar-refractivity contribution in [1.82, 2.24) is 0 Å². The summed E-state index contributed by atoms with van der Waals surface area (Å²) < 4.78 is 54.7. The third-order valence-electron chi connectivity index (χ3n) is 10.2. The Morgan fingerprint density at radius 1 is 0.632 bits per heavy atom. The van der Waals surface area contributed by atoms with Crippen molar-refractivity contribution in [2.45, 2.75) is 67.3 Å². The molecule has 0 aromatic heterocycles. The van der Waals surface area contributed by atoms with Gasteiger partial charge in [0.25, 0.3) is 0 Å². The van der Waals surface area contributed by atoms with Crippen LogP contribution in [0.15, 0.2) is 48.5 Å². The molecule has 0 spiro atoms. The third kappa shape index (κ3) is 6.87. The van der Waals surface area contributed by atoms with Gasteiger partial charge in [0.05, 0.1) is 24.2 Å². The first kappa shape index (κ1) is 39.7. The molecule has 0 amide bonds. The molecule has 0 aliphatic carbocycles. The van der Waals surface area contributed by atoms with Crippen molar-refractivity contribution in [2.24, 2.45) is 0 Å². The number of benzene rings is 4. The standard InChI is InChI=1S/C36H36O20S/c37-10-23-28(45)31(48)32(49)36(54-23)25-19(43)9-22-26(29(25)46)27(30(47)34(53-22)12-2-4-15(39)21(6-12)56-57(50,51)52)24-18(42)8-16(40)13-7-20(44)33(55-35(13)24)11-1-3-14(38)17(41)5-11/h1-6,8-9,20,23,27-28,30-34,36-49H,7,10H2,(H,50,51,52). The molecule has 0 bridgehead atoms. The number of hydrogen-bond donors (Lipinski definition) is 14. The van der Waals surface area contributed by atoms with Crippen molar-refractivity contribution >= 4 is 10.4 Å². The van der Waals surface area contributed by atoms with Crippen LogP contribution in [0.3, 0.4) is 0 Å². The van der Waals surface area contributed by atoms with Crippen molar-refractivity contribution in [3.8, 4) is 57.5 Å². The van der Waals surface area contributed by atoms with Crippen LogP contribution < -0.4 is 13.7 Å². The summed E-state index contributed by atoms with van der Waals surface area (Å²) in [6.07, 6.45) is -16.1. The van der Waals surface area contributed by atoms with E-state index >= 15 is 0 Å². The van der Waals surface area contributed by atoms with Gasteiger partial charge in [-0.3, -0.25) is 4.55 Å². The van der Waals surface area contributed by atoms with Crippen LogP contribution in [0.5, 0.6) is 57.5 Å². The minimum absolute atomic E-state index is 0.108. The van der Waals surface area contributed by atoms with Crippen molar-refractivity contribution in [1.29, 1.82) is 0 Å². The Balaban J connectivity index is 1.46. The maximum atomic E-state index is 12.3. The van der Waals surface area contributed by atoms with Gasteiger partial charge in [-0.2, -0.15) is 8.42 Å². The van der Waals surface area contributed by atoms with Gasteiger partial charge in [0.15, 0.2) is 29.1 Å². The molecule has 306 valence electrons. The monoisotopic (exact) mass is 820 g/mol. The van der Waals surface area contributed by atoms with Crippen LogP contribution in [0.2, 0.25) is 0 Å². The van der Waals surface area contributed by atoms with Crippen LogP contribution >= 0.6 is 0 Å². The Morgan fingerprint density at radius 2 is 1.28 bits per heavy atom. The van der Waals surface area contributed by atoms with Gasteiger partial charge in [-0.15, -0.1) is 0 Å². The minimum Gasteiger partial charge on any atom is -0.507 e. The molecular weight excluding hydrogens is 784 g/mol. The lowest BCUT2D eigenvalue weighted by Crippen LogP contribution is -2.55. The van der Waals surface area contributed by atoms with Crippen molar-refractivity contribution < 1.29 is 97.7 Å². The summed E-state index contributed by atoms with van der Waals surface area (Å²) in [7, 11) is -5.20. The lowest BCUT2D eigenvalue weighted by atomic mass is 9.76. The minimum atomic E-state index is -5.20. The maximum absolute atomic E-state index is 12.3. The van der Waals surface area contributed by atoms with E-state index in [-0.39, 0.29) is 28.9 Å². The van der Waals surface area contributed by atoms with Crippen molar-refractivity contribution in [3.63, 3.8) is 0 Å². The summed E-state index contributed by atoms with van der Waals surface area (Å²) >= 11 is 0. The molecule has 0 radical (unpaired) electrons. The predicted molar refractivity (Wildman–Crippen MR) is 187 cm³/mol. The van der Waals surface area contributed by atoms with Crippen molar-refractivity contribution in [3.05, 3.63) is 81.9 Å². The van der Waals surface area contributed by atoms with Crippen LogP contribution in [0.1, 0.15) is 57.6 Å². The quantitative estimate of drug-likeness (QED) is 0.0860. The van der Waals surface area contributed by atoms with Crippen LogP contribution in [-0.4, -0.2) is 123 Å². The Labute approximate surface area is 321 Å². The molecule has 10 unspecified atom stereocenters. The number of phenols is 7. The highest BCUT2D eigenvalue weighted by Crippen LogP contribution is 2.59. The lowest BCUT2D eigenvalue weighted by molar-refractivity contribution is -0.232. The summed E-state index contributed by atoms with van der Waals surface area (Å²) in [5.74, 6) is -8.48. The van der Waals surface area contributed by atoms with E-state index in [2.05, 4.69) is 4.18 Å². The second-order valence-corrected chi connectivity index (χ2v) is 14.8. The lowest BCUT2D eigenvalue weighted by Gasteiger charge is -2.42. The number of aliphatic hydroxyl groups is 6. The SMILES string of the molecule is O=S(=O)(O)Oc1cc(C2Oc3cc(O)c(C4OC(CO)C(O)C(O)C4O)c(O)c3C(c3c(O)cc(O)c4c3OC(c3ccc(O)c(O)c3)C(O)C4)C2O)ccc1O. The van der Waals surface area contributed by atoms with E-state index in [9.17, 15) is 79.4 Å². The Hall–Kier alpha value is -5.49. The van der Waals surface area contributed by atoms with E-state index in [1.807, 2.05) is 0 Å². The van der Waals surface area contributed by atoms with Crippen molar-refractivity contribution in [2.75, 3.05) is 6.61 Å². The number of phenolic OH excluding ortho intramolecular Hbond substituents is 7. The summed E-state index contributed by atoms with van der Waals surface area (Å²) in [6.45, 7) is -0.882. The maximum Gasteiger partial charge on any atom is 0.446 e. The van der Waals surface area contributed by atoms with Crippen LogP contribution in [0.4, 0.5) is 0 Å². The first-order valence-corrected chi connectivity index (χ1v) is 18.4. The number of hydrogen-bond acceptors (Lipinski definition) is 19. The van der Waals surface area contributed by atoms with Crippen LogP contribution in [0, 0.1) is 0 Å². The molecule has 4 aromatic rings. The fourth-order valence-electron chi connectivity index (χ4n) is 7.55. The van der Waals surface area contributed by atoms with Crippen LogP contribution in [-0.2, 0) is 21.6 Å². The van der Waals surface area contributed by atoms with Gasteiger partial charge in [0.2, 0.25) is 0 Å². The summed E-state index contributed by atoms with van der Waals surface area (Å²) in [5.41, 5.74) is -1.65. The second kappa shape index (κ2) is 14.5. The number of ether oxygens (including phenoxy) is 3. The third-order valence-corrected chi connectivity index (χ3v) is 10.6. The molecule has 1 saturated heterocycles. The Bertz CT molecular complexity index is 2330. The molecule has 14 N–H and O–H groups in total. The second-order valence-electron chi connectivity index (χ2n) is 13.8. The summed E-state index contributed by atoms with van der Waals surface area (Å²) in [6, 6.07) is 8.20. The van der Waals surface area contributed by atoms with E-state index in [4.69, 9.17) is 14.2 Å². The number of aliphatic hydroxyl groups excluding tert-OH is 6. The number of aromatic hydroxyl groups is 7. The zero-order valence-corrected chi connectivity index (χ0v) is 29.7. The molecule has 3 heterocycles. The molecular formula is C36H36O20S. The zero-order chi connectivity index (χ0) is 41.4. The van der Waals surface area contributed by atoms with Gasteiger partial charge in [0, 0.05) is 35.2 Å². The van der Waals surface area contributed by atoms with Gasteiger partial charge in [-0.05, 0) is 35.4 Å². The smallest absolute Gasteiger partial charge is 0.446 e. The van der Waals surface area contributed by atoms with E-state index in [1.165, 1.54) is 6.07 Å². The topological polar surface area (TPSA) is 354 Å². The number of rotatable bonds is 7. The average Bonchev–Trinajstić information content (AvgIpc) is 3.14. The highest BCUT2D eigenvalue weighted by Gasteiger charge is 2.50. The van der Waals surface area contributed by atoms with Gasteiger partial charge in [0.1, 0.15) is 77.2 Å². The molecule has 3 aliphatic heterocycles. The molecule has 57 heavy (non-hydrogen) atoms. The highest BCUT2D eigenvalue weighted by atomic mass is 32.3. The van der Waals surface area contributed by atoms with Crippen LogP contribution in [0.25, 0.3) is 0 Å². The van der Waals surface area contributed by atoms with Gasteiger partial charge < -0.3 is 84.8 Å². The fourth-order valence-corrected chi connectivity index (χ4v) is 7.91. The average molecular weight is 821 g/mol. The predicted octanol–water partition coefficient (Wildman–Crippen LogP) is -0.0141. The molecule has 1 fully saturated rings. The Kier molecular flexibility index (Phi) is 10.1. The molecule has 10 atom stereocenters. The van der Waals surface area contributed by atoms with Gasteiger partial charge in [-0.1, -0.05) is 12.1 Å². The van der Waals surface area contributed by atoms with Gasteiger partial charge >= 0.3 is 10.4 Å². The Morgan fingerprint density at radius 3 is 1.93 bits per heavy atom. The first-order valence-electron chi connectivity index (χ1n) is 17.0. The molecule has 21 heteroatoms. The van der Waals surface area contributed by atoms with E-state index in [0.29, 0.717) is 0 Å². The first-order chi connectivity index (χ1) is 26.8. The summed E-state index contributed by atoms with van der Waals surface area (Å²) in [4.78, 5) is 0. The van der Waals surface area contributed by atoms with Gasteiger partial charge in [-0.25, -0.2) is 0 Å². The molecule has 0 saturated carbocycles. The van der Waals surface area contributed by atoms with E-state index < -0.39 is 146 Å². The zero-order valence-electron chi connectivity index (χ0n) is 28.9. The molecule has 7 rings (SSSR count). The molecule has 3 aliphatic rings. The molecule has 20 nitrogen and oxygen atoms in total. The summed E-state index contributed by atoms with van der Waals surface area (Å²) in [5, 5.41) is 141. The number of fused-ring (bicyclic) bond motifs is 2. The van der Waals surface area contributed by atoms with E-state index in [0.717, 1.165) is 42.5 Å². The largest absolute Gasteiger partial charge is 0.507 e. The fraction of sp³-hybridized carbons (Fsp3) is 0.333. The molecule has 4 aromatic carbocycles. The highest BCUT2D eigenvalue weighted by molar-refractivity contribution is 7.81. The van der Waals surface area contributed by atoms with E-state index in [1.54, 1.807) is 0 Å². The normalized spacial score (nSPS) is 28.4.